The van der Waals surface area contributed by atoms with Crippen LogP contribution >= 0.6 is 22.6 Å². The lowest BCUT2D eigenvalue weighted by atomic mass is 9.84. The summed E-state index contributed by atoms with van der Waals surface area (Å²) in [6.45, 7) is 0. The molecular formula is C11H11IN2. The summed E-state index contributed by atoms with van der Waals surface area (Å²) in [4.78, 5) is 4.37. The SMILES string of the molecule is N#CC1(c2ccc(I)cn2)CCCC1. The second-order valence-electron chi connectivity index (χ2n) is 3.76. The second-order valence-corrected chi connectivity index (χ2v) is 5.01. The highest BCUT2D eigenvalue weighted by Gasteiger charge is 2.36. The van der Waals surface area contributed by atoms with Crippen LogP contribution in [0.5, 0.6) is 0 Å². The van der Waals surface area contributed by atoms with Gasteiger partial charge in [0.25, 0.3) is 0 Å². The van der Waals surface area contributed by atoms with Crippen LogP contribution in [0.2, 0.25) is 0 Å². The molecule has 2 rings (SSSR count). The summed E-state index contributed by atoms with van der Waals surface area (Å²) >= 11 is 2.23. The average molecular weight is 298 g/mol. The van der Waals surface area contributed by atoms with Crippen LogP contribution < -0.4 is 0 Å². The first kappa shape index (κ1) is 9.91. The van der Waals surface area contributed by atoms with E-state index in [9.17, 15) is 5.26 Å². The third-order valence-electron chi connectivity index (χ3n) is 2.89. The molecule has 0 bridgehead atoms. The lowest BCUT2D eigenvalue weighted by Crippen LogP contribution is -2.20. The van der Waals surface area contributed by atoms with Gasteiger partial charge in [0.15, 0.2) is 0 Å². The Kier molecular flexibility index (Phi) is 2.73. The Bertz CT molecular complexity index is 358. The molecule has 0 radical (unpaired) electrons. The molecule has 3 heteroatoms. The molecule has 2 nitrogen and oxygen atoms in total. The number of hydrogen-bond acceptors (Lipinski definition) is 2. The van der Waals surface area contributed by atoms with Crippen molar-refractivity contribution in [1.29, 1.82) is 5.26 Å². The Morgan fingerprint density at radius 3 is 2.57 bits per heavy atom. The van der Waals surface area contributed by atoms with Crippen molar-refractivity contribution >= 4 is 22.6 Å². The molecule has 0 N–H and O–H groups in total. The molecule has 1 aliphatic rings. The van der Waals surface area contributed by atoms with Gasteiger partial charge in [-0.2, -0.15) is 5.26 Å². The van der Waals surface area contributed by atoms with Gasteiger partial charge in [0.1, 0.15) is 0 Å². The van der Waals surface area contributed by atoms with Crippen LogP contribution in [0.15, 0.2) is 18.3 Å². The quantitative estimate of drug-likeness (QED) is 0.747. The fraction of sp³-hybridized carbons (Fsp3) is 0.455. The number of nitrogens with zero attached hydrogens (tertiary/aromatic N) is 2. The van der Waals surface area contributed by atoms with Crippen LogP contribution in [0.4, 0.5) is 0 Å². The van der Waals surface area contributed by atoms with Gasteiger partial charge in [-0.3, -0.25) is 4.98 Å². The molecule has 1 fully saturated rings. The number of nitriles is 1. The maximum absolute atomic E-state index is 9.25. The van der Waals surface area contributed by atoms with E-state index in [2.05, 4.69) is 33.6 Å². The normalized spacial score (nSPS) is 19.1. The highest BCUT2D eigenvalue weighted by molar-refractivity contribution is 14.1. The van der Waals surface area contributed by atoms with Crippen LogP contribution in [0, 0.1) is 14.9 Å². The molecule has 1 aromatic rings. The van der Waals surface area contributed by atoms with Crippen molar-refractivity contribution in [2.24, 2.45) is 0 Å². The molecule has 1 heterocycles. The van der Waals surface area contributed by atoms with Gasteiger partial charge in [-0.1, -0.05) is 12.8 Å². The molecule has 72 valence electrons. The van der Waals surface area contributed by atoms with Crippen LogP contribution in [0.25, 0.3) is 0 Å². The Balaban J connectivity index is 2.37. The van der Waals surface area contributed by atoms with E-state index in [-0.39, 0.29) is 5.41 Å². The van der Waals surface area contributed by atoms with E-state index in [0.29, 0.717) is 0 Å². The minimum atomic E-state index is -0.287. The van der Waals surface area contributed by atoms with Crippen LogP contribution in [-0.4, -0.2) is 4.98 Å². The van der Waals surface area contributed by atoms with Crippen LogP contribution in [0.3, 0.4) is 0 Å². The lowest BCUT2D eigenvalue weighted by molar-refractivity contribution is 0.554. The molecule has 0 saturated heterocycles. The zero-order chi connectivity index (χ0) is 10.0. The monoisotopic (exact) mass is 298 g/mol. The van der Waals surface area contributed by atoms with Gasteiger partial charge in [0, 0.05) is 9.77 Å². The first-order chi connectivity index (χ1) is 6.77. The maximum atomic E-state index is 9.25. The minimum Gasteiger partial charge on any atom is -0.259 e. The van der Waals surface area contributed by atoms with Gasteiger partial charge in [0.05, 0.1) is 17.2 Å². The molecule has 1 aromatic heterocycles. The maximum Gasteiger partial charge on any atom is 0.0993 e. The van der Waals surface area contributed by atoms with Crippen LogP contribution in [0.1, 0.15) is 31.4 Å². The Hall–Kier alpha value is -0.630. The fourth-order valence-electron chi connectivity index (χ4n) is 2.06. The number of rotatable bonds is 1. The van der Waals surface area contributed by atoms with Crippen LogP contribution in [-0.2, 0) is 5.41 Å². The molecular weight excluding hydrogens is 287 g/mol. The molecule has 0 aliphatic heterocycles. The Morgan fingerprint density at radius 1 is 1.36 bits per heavy atom. The highest BCUT2D eigenvalue weighted by Crippen LogP contribution is 2.39. The first-order valence-corrected chi connectivity index (χ1v) is 5.88. The summed E-state index contributed by atoms with van der Waals surface area (Å²) in [6, 6.07) is 6.47. The van der Waals surface area contributed by atoms with E-state index in [1.807, 2.05) is 18.3 Å². The van der Waals surface area contributed by atoms with E-state index in [0.717, 1.165) is 34.9 Å². The minimum absolute atomic E-state index is 0.287. The van der Waals surface area contributed by atoms with Gasteiger partial charge in [-0.05, 0) is 47.6 Å². The fourth-order valence-corrected chi connectivity index (χ4v) is 2.38. The topological polar surface area (TPSA) is 36.7 Å². The predicted octanol–water partition coefficient (Wildman–Crippen LogP) is 3.02. The highest BCUT2D eigenvalue weighted by atomic mass is 127. The van der Waals surface area contributed by atoms with Gasteiger partial charge >= 0.3 is 0 Å². The lowest BCUT2D eigenvalue weighted by Gasteiger charge is -2.18. The molecule has 0 atom stereocenters. The van der Waals surface area contributed by atoms with Gasteiger partial charge in [-0.15, -0.1) is 0 Å². The molecule has 14 heavy (non-hydrogen) atoms. The largest absolute Gasteiger partial charge is 0.259 e. The van der Waals surface area contributed by atoms with E-state index in [1.165, 1.54) is 0 Å². The smallest absolute Gasteiger partial charge is 0.0993 e. The van der Waals surface area contributed by atoms with Crippen molar-refractivity contribution in [2.75, 3.05) is 0 Å². The average Bonchev–Trinajstić information content (AvgIpc) is 2.68. The van der Waals surface area contributed by atoms with E-state index >= 15 is 0 Å². The number of hydrogen-bond donors (Lipinski definition) is 0. The van der Waals surface area contributed by atoms with Crippen molar-refractivity contribution in [1.82, 2.24) is 4.98 Å². The van der Waals surface area contributed by atoms with E-state index < -0.39 is 0 Å². The summed E-state index contributed by atoms with van der Waals surface area (Å²) in [5.41, 5.74) is 0.669. The molecule has 0 unspecified atom stereocenters. The Labute approximate surface area is 97.5 Å². The van der Waals surface area contributed by atoms with Crippen molar-refractivity contribution in [2.45, 2.75) is 31.1 Å². The zero-order valence-corrected chi connectivity index (χ0v) is 9.99. The summed E-state index contributed by atoms with van der Waals surface area (Å²) in [5, 5.41) is 9.25. The summed E-state index contributed by atoms with van der Waals surface area (Å²) in [6.07, 6.45) is 6.09. The molecule has 0 amide bonds. The summed E-state index contributed by atoms with van der Waals surface area (Å²) in [5.74, 6) is 0. The molecule has 1 aliphatic carbocycles. The van der Waals surface area contributed by atoms with Gasteiger partial charge in [-0.25, -0.2) is 0 Å². The van der Waals surface area contributed by atoms with Gasteiger partial charge in [0.2, 0.25) is 0 Å². The third-order valence-corrected chi connectivity index (χ3v) is 3.53. The van der Waals surface area contributed by atoms with Gasteiger partial charge < -0.3 is 0 Å². The van der Waals surface area contributed by atoms with E-state index in [1.54, 1.807) is 0 Å². The second kappa shape index (κ2) is 3.85. The summed E-state index contributed by atoms with van der Waals surface area (Å²) in [7, 11) is 0. The molecule has 0 aromatic carbocycles. The molecule has 0 spiro atoms. The third kappa shape index (κ3) is 1.63. The van der Waals surface area contributed by atoms with E-state index in [4.69, 9.17) is 0 Å². The van der Waals surface area contributed by atoms with Crippen molar-refractivity contribution in [3.63, 3.8) is 0 Å². The summed E-state index contributed by atoms with van der Waals surface area (Å²) < 4.78 is 1.12. The standard InChI is InChI=1S/C11H11IN2/c12-9-3-4-10(14-7-9)11(8-13)5-1-2-6-11/h3-4,7H,1-2,5-6H2. The van der Waals surface area contributed by atoms with Crippen molar-refractivity contribution < 1.29 is 0 Å². The number of aromatic nitrogens is 1. The zero-order valence-electron chi connectivity index (χ0n) is 7.83. The first-order valence-electron chi connectivity index (χ1n) is 4.80. The Morgan fingerprint density at radius 2 is 2.07 bits per heavy atom. The number of pyridine rings is 1. The molecule has 1 saturated carbocycles. The predicted molar refractivity (Wildman–Crippen MR) is 62.7 cm³/mol. The van der Waals surface area contributed by atoms with Crippen molar-refractivity contribution in [3.8, 4) is 6.07 Å². The van der Waals surface area contributed by atoms with Crippen molar-refractivity contribution in [3.05, 3.63) is 27.6 Å². The number of halogens is 1.